The maximum absolute atomic E-state index is 9.94. The Hall–Kier alpha value is -0.590. The Morgan fingerprint density at radius 3 is 2.29 bits per heavy atom. The fraction of sp³-hybridized carbons (Fsp3) is 0.500. The zero-order valence-electron chi connectivity index (χ0n) is 4.40. The van der Waals surface area contributed by atoms with Gasteiger partial charge in [0.25, 0.3) is 0 Å². The maximum atomic E-state index is 9.94. The molecule has 0 aromatic carbocycles. The number of hydrogen-bond donors (Lipinski definition) is 0. The number of allylic oxidation sites excluding steroid dienone is 2. The van der Waals surface area contributed by atoms with Gasteiger partial charge in [0.05, 0.1) is 0 Å². The lowest BCUT2D eigenvalue weighted by Gasteiger charge is -2.13. The molecule has 0 amide bonds. The van der Waals surface area contributed by atoms with Crippen LogP contribution in [0.3, 0.4) is 0 Å². The first-order valence-corrected chi connectivity index (χ1v) is 2.48. The third-order valence-electron chi connectivity index (χ3n) is 1.46. The monoisotopic (exact) mass is 96.1 g/mol. The van der Waals surface area contributed by atoms with E-state index in [1.807, 2.05) is 6.92 Å². The van der Waals surface area contributed by atoms with E-state index in [1.54, 1.807) is 0 Å². The zero-order chi connectivity index (χ0) is 5.28. The highest BCUT2D eigenvalue weighted by atomic mass is 16.1. The molecular formula is C6H8O. The average molecular weight is 96.1 g/mol. The maximum Gasteiger partial charge on any atom is 0.145 e. The highest BCUT2D eigenvalue weighted by Crippen LogP contribution is 2.24. The Balaban J connectivity index is 2.70. The molecule has 0 bridgehead atoms. The van der Waals surface area contributed by atoms with Crippen LogP contribution in [0.4, 0.5) is 0 Å². The molecule has 1 aliphatic rings. The second-order valence-electron chi connectivity index (χ2n) is 1.92. The van der Waals surface area contributed by atoms with Crippen molar-refractivity contribution in [2.24, 2.45) is 0 Å². The molecule has 0 saturated carbocycles. The molecule has 0 saturated heterocycles. The quantitative estimate of drug-likeness (QED) is 0.449. The lowest BCUT2D eigenvalue weighted by molar-refractivity contribution is -0.105. The molecule has 0 fully saturated rings. The van der Waals surface area contributed by atoms with Crippen molar-refractivity contribution in [3.8, 4) is 0 Å². The summed E-state index contributed by atoms with van der Waals surface area (Å²) in [6.45, 7) is 2.01. The molecular weight excluding hydrogens is 88.1 g/mol. The van der Waals surface area contributed by atoms with Crippen LogP contribution in [-0.4, -0.2) is 6.29 Å². The van der Waals surface area contributed by atoms with Crippen LogP contribution in [0.2, 0.25) is 0 Å². The summed E-state index contributed by atoms with van der Waals surface area (Å²) in [6.07, 6.45) is 3.10. The van der Waals surface area contributed by atoms with Gasteiger partial charge in [0, 0.05) is 0 Å². The molecule has 0 aliphatic heterocycles. The molecule has 0 spiro atoms. The number of hydrogen-bond acceptors (Lipinski definition) is 1. The molecule has 1 heteroatoms. The lowest BCUT2D eigenvalue weighted by Crippen LogP contribution is -2.00. The predicted molar refractivity (Wildman–Crippen MR) is 28.0 cm³/mol. The normalized spacial score (nSPS) is 19.0. The predicted octanol–water partition coefficient (Wildman–Crippen LogP) is 1.30. The van der Waals surface area contributed by atoms with E-state index in [4.69, 9.17) is 0 Å². The van der Waals surface area contributed by atoms with E-state index in [1.165, 1.54) is 5.57 Å². The summed E-state index contributed by atoms with van der Waals surface area (Å²) in [5.74, 6) is 0. The van der Waals surface area contributed by atoms with Gasteiger partial charge >= 0.3 is 0 Å². The highest BCUT2D eigenvalue weighted by Gasteiger charge is 2.09. The van der Waals surface area contributed by atoms with Crippen LogP contribution in [0, 0.1) is 0 Å². The summed E-state index contributed by atoms with van der Waals surface area (Å²) in [5.41, 5.74) is 2.29. The van der Waals surface area contributed by atoms with Crippen LogP contribution in [-0.2, 0) is 4.79 Å². The van der Waals surface area contributed by atoms with Gasteiger partial charge in [0.15, 0.2) is 0 Å². The van der Waals surface area contributed by atoms with Crippen LogP contribution in [0.15, 0.2) is 11.1 Å². The number of rotatable bonds is 1. The largest absolute Gasteiger partial charge is 0.298 e. The molecule has 0 atom stereocenters. The molecule has 0 radical (unpaired) electrons. The highest BCUT2D eigenvalue weighted by molar-refractivity contribution is 5.76. The van der Waals surface area contributed by atoms with Crippen molar-refractivity contribution >= 4 is 6.29 Å². The van der Waals surface area contributed by atoms with Gasteiger partial charge in [-0.1, -0.05) is 5.57 Å². The first-order valence-electron chi connectivity index (χ1n) is 2.48. The van der Waals surface area contributed by atoms with Crippen LogP contribution in [0.25, 0.3) is 0 Å². The molecule has 1 nitrogen and oxygen atoms in total. The molecule has 0 aromatic heterocycles. The van der Waals surface area contributed by atoms with Crippen molar-refractivity contribution in [1.82, 2.24) is 0 Å². The van der Waals surface area contributed by atoms with Gasteiger partial charge in [0.1, 0.15) is 6.29 Å². The standard InChI is InChI=1S/C6H8O/c1-5-2-3-6(5)4-7/h4H,2-3H2,1H3. The van der Waals surface area contributed by atoms with Crippen molar-refractivity contribution in [3.05, 3.63) is 11.1 Å². The smallest absolute Gasteiger partial charge is 0.145 e. The molecule has 0 aromatic rings. The fourth-order valence-electron chi connectivity index (χ4n) is 0.679. The molecule has 1 aliphatic carbocycles. The molecule has 1 rings (SSSR count). The Morgan fingerprint density at radius 1 is 1.57 bits per heavy atom. The van der Waals surface area contributed by atoms with Crippen molar-refractivity contribution in [3.63, 3.8) is 0 Å². The van der Waals surface area contributed by atoms with Gasteiger partial charge in [-0.15, -0.1) is 0 Å². The summed E-state index contributed by atoms with van der Waals surface area (Å²) in [6, 6.07) is 0. The van der Waals surface area contributed by atoms with E-state index < -0.39 is 0 Å². The fourth-order valence-corrected chi connectivity index (χ4v) is 0.679. The van der Waals surface area contributed by atoms with Crippen molar-refractivity contribution < 1.29 is 4.79 Å². The number of carbonyl (C=O) groups is 1. The van der Waals surface area contributed by atoms with Crippen molar-refractivity contribution in [2.45, 2.75) is 19.8 Å². The first-order chi connectivity index (χ1) is 3.34. The van der Waals surface area contributed by atoms with Gasteiger partial charge in [-0.25, -0.2) is 0 Å². The number of aldehydes is 1. The zero-order valence-corrected chi connectivity index (χ0v) is 4.40. The third-order valence-corrected chi connectivity index (χ3v) is 1.46. The first kappa shape index (κ1) is 4.57. The molecule has 0 N–H and O–H groups in total. The minimum Gasteiger partial charge on any atom is -0.298 e. The Labute approximate surface area is 43.0 Å². The number of carbonyl (C=O) groups excluding carboxylic acids is 1. The summed E-state index contributed by atoms with van der Waals surface area (Å²) in [5, 5.41) is 0. The summed E-state index contributed by atoms with van der Waals surface area (Å²) in [7, 11) is 0. The Kier molecular flexibility index (Phi) is 0.970. The average Bonchev–Trinajstić information content (AvgIpc) is 1.65. The summed E-state index contributed by atoms with van der Waals surface area (Å²) < 4.78 is 0. The van der Waals surface area contributed by atoms with Gasteiger partial charge in [-0.2, -0.15) is 0 Å². The van der Waals surface area contributed by atoms with Crippen LogP contribution < -0.4 is 0 Å². The second-order valence-corrected chi connectivity index (χ2v) is 1.92. The van der Waals surface area contributed by atoms with Gasteiger partial charge < -0.3 is 0 Å². The van der Waals surface area contributed by atoms with Gasteiger partial charge in [0.2, 0.25) is 0 Å². The topological polar surface area (TPSA) is 17.1 Å². The van der Waals surface area contributed by atoms with E-state index in [-0.39, 0.29) is 0 Å². The van der Waals surface area contributed by atoms with E-state index in [9.17, 15) is 4.79 Å². The second kappa shape index (κ2) is 1.49. The van der Waals surface area contributed by atoms with Crippen molar-refractivity contribution in [1.29, 1.82) is 0 Å². The van der Waals surface area contributed by atoms with E-state index in [2.05, 4.69) is 0 Å². The molecule has 38 valence electrons. The summed E-state index contributed by atoms with van der Waals surface area (Å²) >= 11 is 0. The molecule has 0 unspecified atom stereocenters. The van der Waals surface area contributed by atoms with Crippen LogP contribution in [0.5, 0.6) is 0 Å². The minimum absolute atomic E-state index is 0.957. The van der Waals surface area contributed by atoms with E-state index in [0.29, 0.717) is 0 Å². The molecule has 0 heterocycles. The molecule has 7 heavy (non-hydrogen) atoms. The minimum atomic E-state index is 0.957. The van der Waals surface area contributed by atoms with Crippen LogP contribution >= 0.6 is 0 Å². The Bertz CT molecular complexity index is 122. The third kappa shape index (κ3) is 0.581. The van der Waals surface area contributed by atoms with Crippen molar-refractivity contribution in [2.75, 3.05) is 0 Å². The van der Waals surface area contributed by atoms with Crippen LogP contribution in [0.1, 0.15) is 19.8 Å². The van der Waals surface area contributed by atoms with E-state index >= 15 is 0 Å². The Morgan fingerprint density at radius 2 is 2.29 bits per heavy atom. The summed E-state index contributed by atoms with van der Waals surface area (Å²) in [4.78, 5) is 9.94. The lowest BCUT2D eigenvalue weighted by atomic mass is 9.91. The SMILES string of the molecule is CC1=C(C=O)CC1. The van der Waals surface area contributed by atoms with Gasteiger partial charge in [-0.3, -0.25) is 4.79 Å². The van der Waals surface area contributed by atoms with E-state index in [0.717, 1.165) is 24.7 Å². The van der Waals surface area contributed by atoms with Gasteiger partial charge in [-0.05, 0) is 25.3 Å².